The van der Waals surface area contributed by atoms with Crippen LogP contribution in [-0.2, 0) is 0 Å². The lowest BCUT2D eigenvalue weighted by molar-refractivity contribution is 0.415. The van der Waals surface area contributed by atoms with Gasteiger partial charge in [-0.1, -0.05) is 12.1 Å². The van der Waals surface area contributed by atoms with Crippen LogP contribution in [0.3, 0.4) is 0 Å². The largest absolute Gasteiger partial charge is 0.497 e. The fraction of sp³-hybridized carbons (Fsp3) is 0.267. The maximum atomic E-state index is 5.26. The lowest BCUT2D eigenvalue weighted by atomic mass is 10.0. The van der Waals surface area contributed by atoms with Crippen LogP contribution in [0, 0.1) is 6.92 Å². The number of aryl methyl sites for hydroxylation is 1. The van der Waals surface area contributed by atoms with Crippen molar-refractivity contribution in [2.75, 3.05) is 7.11 Å². The van der Waals surface area contributed by atoms with E-state index in [9.17, 15) is 0 Å². The van der Waals surface area contributed by atoms with E-state index in [0.29, 0.717) is 0 Å². The summed E-state index contributed by atoms with van der Waals surface area (Å²) >= 11 is 0. The second-order valence-electron chi connectivity index (χ2n) is 4.36. The molecule has 0 bridgehead atoms. The van der Waals surface area contributed by atoms with Crippen molar-refractivity contribution in [3.8, 4) is 5.75 Å². The maximum absolute atomic E-state index is 5.26. The van der Waals surface area contributed by atoms with E-state index in [1.807, 2.05) is 19.9 Å². The topological polar surface area (TPSA) is 21.6 Å². The molecule has 88 valence electrons. The monoisotopic (exact) mass is 227 g/mol. The van der Waals surface area contributed by atoms with Crippen LogP contribution in [0.15, 0.2) is 35.3 Å². The summed E-state index contributed by atoms with van der Waals surface area (Å²) in [5.74, 6) is 0.884. The highest BCUT2D eigenvalue weighted by Crippen LogP contribution is 2.30. The summed E-state index contributed by atoms with van der Waals surface area (Å²) in [6, 6.07) is 10.3. The van der Waals surface area contributed by atoms with E-state index in [-0.39, 0.29) is 0 Å². The predicted molar refractivity (Wildman–Crippen MR) is 73.7 cm³/mol. The molecule has 0 saturated carbocycles. The molecule has 0 spiro atoms. The summed E-state index contributed by atoms with van der Waals surface area (Å²) < 4.78 is 5.26. The normalized spacial score (nSPS) is 10.4. The molecule has 0 aliphatic heterocycles. The second-order valence-corrected chi connectivity index (χ2v) is 4.36. The molecule has 0 unspecified atom stereocenters. The Morgan fingerprint density at radius 3 is 2.47 bits per heavy atom. The molecule has 2 aromatic carbocycles. The zero-order valence-electron chi connectivity index (χ0n) is 10.7. The molecule has 0 aromatic heterocycles. The minimum atomic E-state index is 0.884. The second kappa shape index (κ2) is 4.58. The van der Waals surface area contributed by atoms with Crippen molar-refractivity contribution in [3.05, 3.63) is 35.9 Å². The van der Waals surface area contributed by atoms with Crippen LogP contribution in [0.25, 0.3) is 10.8 Å². The summed E-state index contributed by atoms with van der Waals surface area (Å²) in [4.78, 5) is 4.54. The molecule has 0 saturated heterocycles. The highest BCUT2D eigenvalue weighted by Gasteiger charge is 2.04. The lowest BCUT2D eigenvalue weighted by Gasteiger charge is -2.08. The van der Waals surface area contributed by atoms with Gasteiger partial charge in [-0.05, 0) is 55.3 Å². The molecule has 0 aliphatic carbocycles. The van der Waals surface area contributed by atoms with Crippen LogP contribution in [0.2, 0.25) is 0 Å². The number of methoxy groups -OCH3 is 1. The van der Waals surface area contributed by atoms with E-state index >= 15 is 0 Å². The maximum Gasteiger partial charge on any atom is 0.119 e. The molecular formula is C15H17NO. The number of benzene rings is 2. The fourth-order valence-electron chi connectivity index (χ4n) is 1.93. The SMILES string of the molecule is COc1ccc2ccc(N=C(C)C)c(C)c2c1. The van der Waals surface area contributed by atoms with Crippen molar-refractivity contribution in [2.45, 2.75) is 20.8 Å². The van der Waals surface area contributed by atoms with Crippen molar-refractivity contribution >= 4 is 22.2 Å². The predicted octanol–water partition coefficient (Wildman–Crippen LogP) is 4.27. The zero-order valence-corrected chi connectivity index (χ0v) is 10.7. The standard InChI is InChI=1S/C15H17NO/c1-10(2)16-15-8-6-12-5-7-13(17-4)9-14(12)11(15)3/h5-9H,1-4H3. The van der Waals surface area contributed by atoms with Gasteiger partial charge in [-0.15, -0.1) is 0 Å². The van der Waals surface area contributed by atoms with E-state index < -0.39 is 0 Å². The molecule has 0 radical (unpaired) electrons. The number of ether oxygens (including phenoxy) is 1. The average molecular weight is 227 g/mol. The van der Waals surface area contributed by atoms with E-state index in [0.717, 1.165) is 17.1 Å². The van der Waals surface area contributed by atoms with Gasteiger partial charge < -0.3 is 4.74 Å². The van der Waals surface area contributed by atoms with Gasteiger partial charge in [-0.2, -0.15) is 0 Å². The van der Waals surface area contributed by atoms with Crippen LogP contribution < -0.4 is 4.74 Å². The van der Waals surface area contributed by atoms with Gasteiger partial charge in [0.15, 0.2) is 0 Å². The molecule has 0 atom stereocenters. The van der Waals surface area contributed by atoms with E-state index in [1.54, 1.807) is 7.11 Å². The van der Waals surface area contributed by atoms with E-state index in [4.69, 9.17) is 4.74 Å². The van der Waals surface area contributed by atoms with Gasteiger partial charge in [0.2, 0.25) is 0 Å². The van der Waals surface area contributed by atoms with Crippen molar-refractivity contribution in [1.82, 2.24) is 0 Å². The van der Waals surface area contributed by atoms with Crippen LogP contribution in [0.5, 0.6) is 5.75 Å². The minimum absolute atomic E-state index is 0.884. The Balaban J connectivity index is 2.68. The summed E-state index contributed by atoms with van der Waals surface area (Å²) in [6.45, 7) is 6.12. The van der Waals surface area contributed by atoms with Crippen molar-refractivity contribution in [1.29, 1.82) is 0 Å². The molecule has 2 rings (SSSR count). The third kappa shape index (κ3) is 2.31. The third-order valence-corrected chi connectivity index (χ3v) is 2.81. The number of nitrogens with zero attached hydrogens (tertiary/aromatic N) is 1. The van der Waals surface area contributed by atoms with E-state index in [2.05, 4.69) is 36.2 Å². The van der Waals surface area contributed by atoms with Gasteiger partial charge >= 0.3 is 0 Å². The third-order valence-electron chi connectivity index (χ3n) is 2.81. The number of fused-ring (bicyclic) bond motifs is 1. The van der Waals surface area contributed by atoms with Gasteiger partial charge in [-0.25, -0.2) is 0 Å². The van der Waals surface area contributed by atoms with Crippen LogP contribution >= 0.6 is 0 Å². The lowest BCUT2D eigenvalue weighted by Crippen LogP contribution is -1.86. The molecule has 2 nitrogen and oxygen atoms in total. The molecule has 2 aromatic rings. The zero-order chi connectivity index (χ0) is 12.4. The van der Waals surface area contributed by atoms with Crippen molar-refractivity contribution < 1.29 is 4.74 Å². The average Bonchev–Trinajstić information content (AvgIpc) is 2.32. The molecule has 0 amide bonds. The van der Waals surface area contributed by atoms with Gasteiger partial charge in [0, 0.05) is 5.71 Å². The molecule has 0 aliphatic rings. The fourth-order valence-corrected chi connectivity index (χ4v) is 1.93. The molecule has 0 fully saturated rings. The van der Waals surface area contributed by atoms with Crippen LogP contribution in [0.1, 0.15) is 19.4 Å². The summed E-state index contributed by atoms with van der Waals surface area (Å²) in [5.41, 5.74) is 3.30. The van der Waals surface area contributed by atoms with Gasteiger partial charge in [0.05, 0.1) is 12.8 Å². The minimum Gasteiger partial charge on any atom is -0.497 e. The Bertz CT molecular complexity index is 581. The first-order valence-corrected chi connectivity index (χ1v) is 5.71. The van der Waals surface area contributed by atoms with Gasteiger partial charge in [-0.3, -0.25) is 4.99 Å². The summed E-state index contributed by atoms with van der Waals surface area (Å²) in [6.07, 6.45) is 0. The molecule has 2 heteroatoms. The Kier molecular flexibility index (Phi) is 3.14. The van der Waals surface area contributed by atoms with Gasteiger partial charge in [0.25, 0.3) is 0 Å². The Morgan fingerprint density at radius 2 is 1.82 bits per heavy atom. The molecular weight excluding hydrogens is 210 g/mol. The Hall–Kier alpha value is -1.83. The van der Waals surface area contributed by atoms with E-state index in [1.165, 1.54) is 16.3 Å². The van der Waals surface area contributed by atoms with Crippen LogP contribution in [-0.4, -0.2) is 12.8 Å². The summed E-state index contributed by atoms with van der Waals surface area (Å²) in [5, 5.41) is 2.42. The summed E-state index contributed by atoms with van der Waals surface area (Å²) in [7, 11) is 1.69. The highest BCUT2D eigenvalue weighted by molar-refractivity contribution is 5.92. The van der Waals surface area contributed by atoms with Gasteiger partial charge in [0.1, 0.15) is 5.75 Å². The van der Waals surface area contributed by atoms with Crippen LogP contribution in [0.4, 0.5) is 5.69 Å². The number of hydrogen-bond acceptors (Lipinski definition) is 2. The molecule has 0 heterocycles. The van der Waals surface area contributed by atoms with Crippen molar-refractivity contribution in [2.24, 2.45) is 4.99 Å². The first-order chi connectivity index (χ1) is 8.11. The molecule has 17 heavy (non-hydrogen) atoms. The van der Waals surface area contributed by atoms with Crippen molar-refractivity contribution in [3.63, 3.8) is 0 Å². The number of aliphatic imine (C=N–C) groups is 1. The Morgan fingerprint density at radius 1 is 1.12 bits per heavy atom. The first kappa shape index (κ1) is 11.6. The highest BCUT2D eigenvalue weighted by atomic mass is 16.5. The first-order valence-electron chi connectivity index (χ1n) is 5.71. The Labute approximate surface area is 102 Å². The smallest absolute Gasteiger partial charge is 0.119 e. The number of hydrogen-bond donors (Lipinski definition) is 0. The molecule has 0 N–H and O–H groups in total. The number of rotatable bonds is 2. The quantitative estimate of drug-likeness (QED) is 0.702.